The van der Waals surface area contributed by atoms with Crippen molar-refractivity contribution in [1.29, 1.82) is 0 Å². The number of hydrogen-bond acceptors (Lipinski definition) is 1. The molecule has 2 rings (SSSR count). The SMILES string of the molecule is CCNC1CCC(Cc2ccc(C)cc2Cl)C1C. The van der Waals surface area contributed by atoms with Gasteiger partial charge >= 0.3 is 0 Å². The van der Waals surface area contributed by atoms with Gasteiger partial charge in [0, 0.05) is 11.1 Å². The van der Waals surface area contributed by atoms with Crippen molar-refractivity contribution >= 4 is 11.6 Å². The Bertz CT molecular complexity index is 402. The summed E-state index contributed by atoms with van der Waals surface area (Å²) in [5, 5.41) is 4.54. The summed E-state index contributed by atoms with van der Waals surface area (Å²) in [7, 11) is 0. The van der Waals surface area contributed by atoms with E-state index < -0.39 is 0 Å². The van der Waals surface area contributed by atoms with Crippen LogP contribution in [0.1, 0.15) is 37.8 Å². The molecule has 0 aliphatic heterocycles. The molecule has 1 aliphatic rings. The van der Waals surface area contributed by atoms with Crippen molar-refractivity contribution in [2.24, 2.45) is 11.8 Å². The first-order valence-corrected chi connectivity index (χ1v) is 7.48. The number of rotatable bonds is 4. The summed E-state index contributed by atoms with van der Waals surface area (Å²) in [6.45, 7) is 7.74. The summed E-state index contributed by atoms with van der Waals surface area (Å²) in [5.74, 6) is 1.52. The molecule has 1 aliphatic carbocycles. The zero-order chi connectivity index (χ0) is 13.1. The van der Waals surface area contributed by atoms with Crippen LogP contribution in [0, 0.1) is 18.8 Å². The zero-order valence-corrected chi connectivity index (χ0v) is 12.4. The van der Waals surface area contributed by atoms with Crippen molar-refractivity contribution in [2.75, 3.05) is 6.54 Å². The Morgan fingerprint density at radius 2 is 2.11 bits per heavy atom. The summed E-state index contributed by atoms with van der Waals surface area (Å²) in [5.41, 5.74) is 2.56. The van der Waals surface area contributed by atoms with Gasteiger partial charge < -0.3 is 5.32 Å². The maximum absolute atomic E-state index is 6.34. The van der Waals surface area contributed by atoms with Gasteiger partial charge in [-0.1, -0.05) is 37.6 Å². The van der Waals surface area contributed by atoms with Gasteiger partial charge in [-0.25, -0.2) is 0 Å². The molecule has 0 heterocycles. The molecule has 3 unspecified atom stereocenters. The van der Waals surface area contributed by atoms with Crippen molar-refractivity contribution in [3.05, 3.63) is 34.3 Å². The second-order valence-electron chi connectivity index (χ2n) is 5.66. The lowest BCUT2D eigenvalue weighted by Crippen LogP contribution is -2.32. The van der Waals surface area contributed by atoms with Gasteiger partial charge in [0.1, 0.15) is 0 Å². The predicted octanol–water partition coefficient (Wildman–Crippen LogP) is 4.22. The number of nitrogens with one attached hydrogen (secondary N) is 1. The lowest BCUT2D eigenvalue weighted by Gasteiger charge is -2.21. The number of hydrogen-bond donors (Lipinski definition) is 1. The fourth-order valence-electron chi connectivity index (χ4n) is 3.19. The molecule has 3 atom stereocenters. The Morgan fingerprint density at radius 1 is 1.33 bits per heavy atom. The minimum atomic E-state index is 0.698. The van der Waals surface area contributed by atoms with E-state index in [9.17, 15) is 0 Å². The van der Waals surface area contributed by atoms with Crippen LogP contribution in [0.15, 0.2) is 18.2 Å². The van der Waals surface area contributed by atoms with E-state index in [2.05, 4.69) is 44.3 Å². The molecule has 18 heavy (non-hydrogen) atoms. The molecule has 0 spiro atoms. The Hall–Kier alpha value is -0.530. The first-order valence-electron chi connectivity index (χ1n) is 7.10. The largest absolute Gasteiger partial charge is 0.314 e. The third kappa shape index (κ3) is 3.07. The molecule has 0 amide bonds. The lowest BCUT2D eigenvalue weighted by molar-refractivity contribution is 0.355. The average Bonchev–Trinajstić information content (AvgIpc) is 2.66. The van der Waals surface area contributed by atoms with Gasteiger partial charge in [0.2, 0.25) is 0 Å². The van der Waals surface area contributed by atoms with Gasteiger partial charge in [0.05, 0.1) is 0 Å². The van der Waals surface area contributed by atoms with Crippen molar-refractivity contribution in [3.63, 3.8) is 0 Å². The van der Waals surface area contributed by atoms with Gasteiger partial charge in [0.25, 0.3) is 0 Å². The molecule has 2 heteroatoms. The highest BCUT2D eigenvalue weighted by Gasteiger charge is 2.32. The van der Waals surface area contributed by atoms with Gasteiger partial charge in [-0.3, -0.25) is 0 Å². The molecule has 0 radical (unpaired) electrons. The van der Waals surface area contributed by atoms with Crippen LogP contribution >= 0.6 is 11.6 Å². The molecular formula is C16H24ClN. The standard InChI is InChI=1S/C16H24ClN/c1-4-18-16-8-7-13(12(16)3)10-14-6-5-11(2)9-15(14)17/h5-6,9,12-13,16,18H,4,7-8,10H2,1-3H3. The van der Waals surface area contributed by atoms with Crippen LogP contribution in [0.2, 0.25) is 5.02 Å². The molecule has 0 bridgehead atoms. The zero-order valence-electron chi connectivity index (χ0n) is 11.7. The van der Waals surface area contributed by atoms with Crippen molar-refractivity contribution < 1.29 is 0 Å². The van der Waals surface area contributed by atoms with E-state index in [-0.39, 0.29) is 0 Å². The molecule has 1 nitrogen and oxygen atoms in total. The average molecular weight is 266 g/mol. The van der Waals surface area contributed by atoms with E-state index in [0.29, 0.717) is 6.04 Å². The fourth-order valence-corrected chi connectivity index (χ4v) is 3.50. The van der Waals surface area contributed by atoms with Crippen LogP contribution in [0.25, 0.3) is 0 Å². The topological polar surface area (TPSA) is 12.0 Å². The summed E-state index contributed by atoms with van der Waals surface area (Å²) < 4.78 is 0. The molecule has 0 saturated heterocycles. The van der Waals surface area contributed by atoms with E-state index in [1.165, 1.54) is 24.0 Å². The third-order valence-electron chi connectivity index (χ3n) is 4.38. The predicted molar refractivity (Wildman–Crippen MR) is 79.2 cm³/mol. The van der Waals surface area contributed by atoms with Crippen LogP contribution in [0.3, 0.4) is 0 Å². The number of aryl methyl sites for hydroxylation is 1. The number of benzene rings is 1. The molecular weight excluding hydrogens is 242 g/mol. The van der Waals surface area contributed by atoms with Crippen LogP contribution in [0.4, 0.5) is 0 Å². The lowest BCUT2D eigenvalue weighted by atomic mass is 9.89. The first-order chi connectivity index (χ1) is 8.61. The van der Waals surface area contributed by atoms with E-state index in [4.69, 9.17) is 11.6 Å². The Kier molecular flexibility index (Phi) is 4.69. The summed E-state index contributed by atoms with van der Waals surface area (Å²) in [6.07, 6.45) is 3.76. The Labute approximate surface area is 116 Å². The van der Waals surface area contributed by atoms with Crippen molar-refractivity contribution in [1.82, 2.24) is 5.32 Å². The van der Waals surface area contributed by atoms with Gasteiger partial charge in [-0.15, -0.1) is 0 Å². The highest BCUT2D eigenvalue weighted by Crippen LogP contribution is 2.35. The summed E-state index contributed by atoms with van der Waals surface area (Å²) >= 11 is 6.34. The van der Waals surface area contributed by atoms with Crippen LogP contribution < -0.4 is 5.32 Å². The van der Waals surface area contributed by atoms with Crippen molar-refractivity contribution in [3.8, 4) is 0 Å². The summed E-state index contributed by atoms with van der Waals surface area (Å²) in [4.78, 5) is 0. The van der Waals surface area contributed by atoms with E-state index in [1.807, 2.05) is 0 Å². The summed E-state index contributed by atoms with van der Waals surface area (Å²) in [6, 6.07) is 7.15. The van der Waals surface area contributed by atoms with E-state index in [1.54, 1.807) is 0 Å². The molecule has 0 aromatic heterocycles. The second-order valence-corrected chi connectivity index (χ2v) is 6.07. The molecule has 1 aromatic rings. The second kappa shape index (κ2) is 6.08. The normalized spacial score (nSPS) is 27.7. The maximum atomic E-state index is 6.34. The van der Waals surface area contributed by atoms with Crippen LogP contribution in [-0.4, -0.2) is 12.6 Å². The monoisotopic (exact) mass is 265 g/mol. The van der Waals surface area contributed by atoms with Gasteiger partial charge in [-0.05, 0) is 61.8 Å². The smallest absolute Gasteiger partial charge is 0.0440 e. The highest BCUT2D eigenvalue weighted by atomic mass is 35.5. The minimum Gasteiger partial charge on any atom is -0.314 e. The Morgan fingerprint density at radius 3 is 2.78 bits per heavy atom. The van der Waals surface area contributed by atoms with Crippen molar-refractivity contribution in [2.45, 2.75) is 46.1 Å². The van der Waals surface area contributed by atoms with E-state index >= 15 is 0 Å². The third-order valence-corrected chi connectivity index (χ3v) is 4.74. The number of halogens is 1. The van der Waals surface area contributed by atoms with Gasteiger partial charge in [0.15, 0.2) is 0 Å². The fraction of sp³-hybridized carbons (Fsp3) is 0.625. The Balaban J connectivity index is 2.02. The minimum absolute atomic E-state index is 0.698. The van der Waals surface area contributed by atoms with Crippen LogP contribution in [0.5, 0.6) is 0 Å². The quantitative estimate of drug-likeness (QED) is 0.860. The first kappa shape index (κ1) is 13.9. The molecule has 1 fully saturated rings. The molecule has 1 saturated carbocycles. The van der Waals surface area contributed by atoms with Gasteiger partial charge in [-0.2, -0.15) is 0 Å². The molecule has 100 valence electrons. The molecule has 1 N–H and O–H groups in total. The molecule has 1 aromatic carbocycles. The van der Waals surface area contributed by atoms with E-state index in [0.717, 1.165) is 29.8 Å². The highest BCUT2D eigenvalue weighted by molar-refractivity contribution is 6.31. The van der Waals surface area contributed by atoms with Crippen LogP contribution in [-0.2, 0) is 6.42 Å². The maximum Gasteiger partial charge on any atom is 0.0440 e.